The minimum absolute atomic E-state index is 0.0471. The molecule has 1 unspecified atom stereocenters. The van der Waals surface area contributed by atoms with Gasteiger partial charge in [-0.25, -0.2) is 0 Å². The van der Waals surface area contributed by atoms with Crippen LogP contribution in [0.1, 0.15) is 20.3 Å². The van der Waals surface area contributed by atoms with Crippen molar-refractivity contribution in [3.05, 3.63) is 0 Å². The van der Waals surface area contributed by atoms with Gasteiger partial charge in [-0.15, -0.1) is 6.42 Å². The molecule has 1 heterocycles. The van der Waals surface area contributed by atoms with Gasteiger partial charge < -0.3 is 5.11 Å². The molecule has 0 aromatic heterocycles. The Morgan fingerprint density at radius 3 is 2.88 bits per heavy atom. The number of carboxylic acids is 1. The van der Waals surface area contributed by atoms with Gasteiger partial charge in [0.1, 0.15) is 0 Å². The zero-order valence-corrected chi connectivity index (χ0v) is 10.7. The molecule has 90 valence electrons. The third kappa shape index (κ3) is 4.07. The second-order valence-electron chi connectivity index (χ2n) is 5.04. The van der Waals surface area contributed by atoms with Crippen LogP contribution in [0.25, 0.3) is 0 Å². The molecular weight excluding hydrogens is 222 g/mol. The topological polar surface area (TPSA) is 40.5 Å². The van der Waals surface area contributed by atoms with Crippen molar-refractivity contribution < 1.29 is 9.90 Å². The Morgan fingerprint density at radius 2 is 2.38 bits per heavy atom. The average Bonchev–Trinajstić information content (AvgIpc) is 2.15. The summed E-state index contributed by atoms with van der Waals surface area (Å²) in [6, 6.07) is 0.292. The van der Waals surface area contributed by atoms with Gasteiger partial charge >= 0.3 is 5.97 Å². The molecule has 0 aromatic carbocycles. The van der Waals surface area contributed by atoms with Gasteiger partial charge in [-0.3, -0.25) is 9.69 Å². The minimum atomic E-state index is -0.802. The second-order valence-corrected chi connectivity index (χ2v) is 6.07. The standard InChI is InChI=1S/C12H19NO2S/c1-4-5-13(7-11(14)15)10-6-12(2,3)9-16-8-10/h1,10H,5-9H2,2-3H3,(H,14,15). The SMILES string of the molecule is C#CCN(CC(=O)O)C1CSCC(C)(C)C1. The van der Waals surface area contributed by atoms with Gasteiger partial charge in [-0.2, -0.15) is 11.8 Å². The van der Waals surface area contributed by atoms with E-state index in [4.69, 9.17) is 11.5 Å². The Labute approximate surface area is 102 Å². The third-order valence-corrected chi connectivity index (χ3v) is 4.35. The number of rotatable bonds is 4. The lowest BCUT2D eigenvalue weighted by Crippen LogP contribution is -2.46. The van der Waals surface area contributed by atoms with E-state index in [0.29, 0.717) is 12.6 Å². The molecule has 1 fully saturated rings. The summed E-state index contributed by atoms with van der Waals surface area (Å²) in [6.07, 6.45) is 6.31. The molecule has 1 saturated heterocycles. The van der Waals surface area contributed by atoms with E-state index in [9.17, 15) is 4.79 Å². The van der Waals surface area contributed by atoms with Crippen LogP contribution < -0.4 is 0 Å². The normalized spacial score (nSPS) is 24.0. The van der Waals surface area contributed by atoms with Crippen LogP contribution in [0.15, 0.2) is 0 Å². The Bertz CT molecular complexity index is 296. The summed E-state index contributed by atoms with van der Waals surface area (Å²) in [5, 5.41) is 8.85. The Hall–Kier alpha value is -0.660. The summed E-state index contributed by atoms with van der Waals surface area (Å²) in [5.41, 5.74) is 0.277. The predicted octanol–water partition coefficient (Wildman–Crippen LogP) is 1.54. The molecule has 1 rings (SSSR count). The number of hydrogen-bond donors (Lipinski definition) is 1. The highest BCUT2D eigenvalue weighted by molar-refractivity contribution is 7.99. The zero-order chi connectivity index (χ0) is 12.2. The highest BCUT2D eigenvalue weighted by Gasteiger charge is 2.32. The van der Waals surface area contributed by atoms with Crippen molar-refractivity contribution >= 4 is 17.7 Å². The van der Waals surface area contributed by atoms with E-state index in [-0.39, 0.29) is 12.0 Å². The molecule has 1 N–H and O–H groups in total. The molecule has 0 aliphatic carbocycles. The summed E-state index contributed by atoms with van der Waals surface area (Å²) in [5.74, 6) is 3.87. The van der Waals surface area contributed by atoms with Gasteiger partial charge in [0.2, 0.25) is 0 Å². The van der Waals surface area contributed by atoms with Gasteiger partial charge in [0.25, 0.3) is 0 Å². The first kappa shape index (κ1) is 13.4. The Balaban J connectivity index is 2.63. The molecule has 1 aliphatic heterocycles. The van der Waals surface area contributed by atoms with E-state index < -0.39 is 5.97 Å². The van der Waals surface area contributed by atoms with E-state index in [1.54, 1.807) is 0 Å². The van der Waals surface area contributed by atoms with Crippen LogP contribution in [0.3, 0.4) is 0 Å². The first-order valence-electron chi connectivity index (χ1n) is 5.42. The minimum Gasteiger partial charge on any atom is -0.480 e. The zero-order valence-electron chi connectivity index (χ0n) is 9.90. The molecule has 3 nitrogen and oxygen atoms in total. The highest BCUT2D eigenvalue weighted by Crippen LogP contribution is 2.35. The summed E-state index contributed by atoms with van der Waals surface area (Å²) < 4.78 is 0. The highest BCUT2D eigenvalue weighted by atomic mass is 32.2. The molecule has 0 radical (unpaired) electrons. The maximum Gasteiger partial charge on any atom is 0.317 e. The van der Waals surface area contributed by atoms with Gasteiger partial charge in [0.15, 0.2) is 0 Å². The van der Waals surface area contributed by atoms with Crippen molar-refractivity contribution in [2.75, 3.05) is 24.6 Å². The van der Waals surface area contributed by atoms with Gasteiger partial charge in [0.05, 0.1) is 13.1 Å². The lowest BCUT2D eigenvalue weighted by atomic mass is 9.87. The number of nitrogens with zero attached hydrogens (tertiary/aromatic N) is 1. The first-order chi connectivity index (χ1) is 7.44. The fourth-order valence-electron chi connectivity index (χ4n) is 2.07. The Kier molecular flexibility index (Phi) is 4.69. The number of aliphatic carboxylic acids is 1. The predicted molar refractivity (Wildman–Crippen MR) is 67.6 cm³/mol. The molecular formula is C12H19NO2S. The molecule has 16 heavy (non-hydrogen) atoms. The number of carbonyl (C=O) groups is 1. The van der Waals surface area contributed by atoms with Crippen molar-refractivity contribution in [2.45, 2.75) is 26.3 Å². The molecule has 1 atom stereocenters. The van der Waals surface area contributed by atoms with Crippen LogP contribution in [0.4, 0.5) is 0 Å². The molecule has 1 aliphatic rings. The fraction of sp³-hybridized carbons (Fsp3) is 0.750. The molecule has 0 amide bonds. The smallest absolute Gasteiger partial charge is 0.317 e. The summed E-state index contributed by atoms with van der Waals surface area (Å²) in [4.78, 5) is 12.7. The number of terminal acetylenes is 1. The van der Waals surface area contributed by atoms with Gasteiger partial charge in [-0.05, 0) is 17.6 Å². The van der Waals surface area contributed by atoms with Crippen LogP contribution in [0.5, 0.6) is 0 Å². The third-order valence-electron chi connectivity index (χ3n) is 2.74. The quantitative estimate of drug-likeness (QED) is 0.758. The maximum absolute atomic E-state index is 10.8. The van der Waals surface area contributed by atoms with Crippen molar-refractivity contribution in [1.29, 1.82) is 0 Å². The average molecular weight is 241 g/mol. The van der Waals surface area contributed by atoms with E-state index in [1.807, 2.05) is 16.7 Å². The van der Waals surface area contributed by atoms with Crippen molar-refractivity contribution in [1.82, 2.24) is 4.90 Å². The lowest BCUT2D eigenvalue weighted by Gasteiger charge is -2.39. The van der Waals surface area contributed by atoms with E-state index in [2.05, 4.69) is 19.8 Å². The van der Waals surface area contributed by atoms with Gasteiger partial charge in [-0.1, -0.05) is 19.8 Å². The molecule has 0 bridgehead atoms. The second kappa shape index (κ2) is 5.60. The van der Waals surface area contributed by atoms with Crippen molar-refractivity contribution in [2.24, 2.45) is 5.41 Å². The lowest BCUT2D eigenvalue weighted by molar-refractivity contribution is -0.138. The van der Waals surface area contributed by atoms with E-state index >= 15 is 0 Å². The largest absolute Gasteiger partial charge is 0.480 e. The van der Waals surface area contributed by atoms with Gasteiger partial charge in [0, 0.05) is 11.8 Å². The summed E-state index contributed by atoms with van der Waals surface area (Å²) in [6.45, 7) is 4.92. The van der Waals surface area contributed by atoms with E-state index in [0.717, 1.165) is 17.9 Å². The van der Waals surface area contributed by atoms with Crippen LogP contribution in [-0.2, 0) is 4.79 Å². The maximum atomic E-state index is 10.8. The number of thioether (sulfide) groups is 1. The number of carboxylic acid groups (broad SMARTS) is 1. The fourth-order valence-corrected chi connectivity index (χ4v) is 3.46. The molecule has 0 saturated carbocycles. The summed E-state index contributed by atoms with van der Waals surface area (Å²) in [7, 11) is 0. The monoisotopic (exact) mass is 241 g/mol. The molecule has 0 aromatic rings. The van der Waals surface area contributed by atoms with Crippen LogP contribution in [0.2, 0.25) is 0 Å². The van der Waals surface area contributed by atoms with E-state index in [1.165, 1.54) is 0 Å². The Morgan fingerprint density at radius 1 is 1.69 bits per heavy atom. The first-order valence-corrected chi connectivity index (χ1v) is 6.57. The molecule has 4 heteroatoms. The van der Waals surface area contributed by atoms with Crippen molar-refractivity contribution in [3.8, 4) is 12.3 Å². The molecule has 0 spiro atoms. The number of hydrogen-bond acceptors (Lipinski definition) is 3. The van der Waals surface area contributed by atoms with Crippen LogP contribution >= 0.6 is 11.8 Å². The van der Waals surface area contributed by atoms with Crippen LogP contribution in [-0.4, -0.2) is 46.6 Å². The van der Waals surface area contributed by atoms with Crippen LogP contribution in [0, 0.1) is 17.8 Å². The summed E-state index contributed by atoms with van der Waals surface area (Å²) >= 11 is 1.89. The van der Waals surface area contributed by atoms with Crippen molar-refractivity contribution in [3.63, 3.8) is 0 Å².